The fraction of sp³-hybridized carbons (Fsp3) is 0. The standard InChI is InChI=1S/C26H18N2O8S2/c27-24-21(37(31,32)33)14-20(22-23(24)26(30)19-9-5-4-8-18(19)25(22)29)28-15-10-12-16(13-11-15)36-38(34,35)17-6-2-1-3-7-17/h1-14,28H,27H2,(H,31,32,33). The SMILES string of the molecule is Nc1c(S(=O)(=O)O)cc(Nc2ccc(OS(=O)(=O)c3ccccc3)cc2)c2c1C(=O)c1ccccc1C2=O. The lowest BCUT2D eigenvalue weighted by Crippen LogP contribution is -2.25. The zero-order valence-corrected chi connectivity index (χ0v) is 20.9. The summed E-state index contributed by atoms with van der Waals surface area (Å²) in [4.78, 5) is 25.8. The number of hydrogen-bond donors (Lipinski definition) is 3. The van der Waals surface area contributed by atoms with E-state index < -0.39 is 42.4 Å². The van der Waals surface area contributed by atoms with Crippen LogP contribution in [0.2, 0.25) is 0 Å². The first kappa shape index (κ1) is 25.1. The van der Waals surface area contributed by atoms with Crippen molar-refractivity contribution in [3.8, 4) is 5.75 Å². The lowest BCUT2D eigenvalue weighted by molar-refractivity contribution is 0.0980. The molecule has 12 heteroatoms. The number of carbonyl (C=O) groups excluding carboxylic acids is 2. The molecule has 0 bridgehead atoms. The summed E-state index contributed by atoms with van der Waals surface area (Å²) in [6.45, 7) is 0. The number of nitrogens with one attached hydrogen (secondary N) is 1. The van der Waals surface area contributed by atoms with E-state index in [-0.39, 0.29) is 38.6 Å². The minimum atomic E-state index is -4.87. The van der Waals surface area contributed by atoms with Crippen LogP contribution < -0.4 is 15.2 Å². The van der Waals surface area contributed by atoms with Crippen LogP contribution in [0.3, 0.4) is 0 Å². The third kappa shape index (κ3) is 4.41. The van der Waals surface area contributed by atoms with Crippen molar-refractivity contribution in [3.63, 3.8) is 0 Å². The molecule has 0 atom stereocenters. The quantitative estimate of drug-likeness (QED) is 0.160. The van der Waals surface area contributed by atoms with E-state index >= 15 is 0 Å². The maximum Gasteiger partial charge on any atom is 0.339 e. The number of anilines is 3. The van der Waals surface area contributed by atoms with Gasteiger partial charge in [-0.25, -0.2) is 0 Å². The average molecular weight is 551 g/mol. The molecule has 0 fully saturated rings. The van der Waals surface area contributed by atoms with Gasteiger partial charge in [-0.3, -0.25) is 14.1 Å². The molecule has 0 saturated carbocycles. The van der Waals surface area contributed by atoms with Crippen molar-refractivity contribution < 1.29 is 35.2 Å². The Hall–Kier alpha value is -4.52. The van der Waals surface area contributed by atoms with Gasteiger partial charge >= 0.3 is 10.1 Å². The van der Waals surface area contributed by atoms with Crippen LogP contribution in [-0.2, 0) is 20.2 Å². The minimum Gasteiger partial charge on any atom is -0.397 e. The Labute approximate surface area is 217 Å². The van der Waals surface area contributed by atoms with E-state index in [2.05, 4.69) is 5.32 Å². The highest BCUT2D eigenvalue weighted by atomic mass is 32.2. The summed E-state index contributed by atoms with van der Waals surface area (Å²) in [5.41, 5.74) is 5.28. The molecule has 0 radical (unpaired) electrons. The molecule has 10 nitrogen and oxygen atoms in total. The van der Waals surface area contributed by atoms with E-state index in [0.717, 1.165) is 6.07 Å². The highest BCUT2D eigenvalue weighted by Gasteiger charge is 2.36. The first-order valence-corrected chi connectivity index (χ1v) is 13.8. The number of rotatable bonds is 6. The molecule has 0 aliphatic heterocycles. The van der Waals surface area contributed by atoms with E-state index in [9.17, 15) is 31.0 Å². The Morgan fingerprint density at radius 1 is 0.737 bits per heavy atom. The van der Waals surface area contributed by atoms with E-state index in [4.69, 9.17) is 9.92 Å². The number of ketones is 2. The molecule has 192 valence electrons. The van der Waals surface area contributed by atoms with Crippen LogP contribution in [0.4, 0.5) is 17.1 Å². The summed E-state index contributed by atoms with van der Waals surface area (Å²) in [5.74, 6) is -1.24. The molecule has 0 amide bonds. The van der Waals surface area contributed by atoms with Crippen LogP contribution >= 0.6 is 0 Å². The maximum absolute atomic E-state index is 13.4. The molecule has 0 saturated heterocycles. The molecule has 1 aliphatic carbocycles. The van der Waals surface area contributed by atoms with Crippen molar-refractivity contribution in [1.29, 1.82) is 0 Å². The van der Waals surface area contributed by atoms with Gasteiger partial charge in [-0.05, 0) is 42.5 Å². The van der Waals surface area contributed by atoms with Crippen molar-refractivity contribution in [2.24, 2.45) is 0 Å². The Balaban J connectivity index is 1.55. The highest BCUT2D eigenvalue weighted by molar-refractivity contribution is 7.87. The first-order chi connectivity index (χ1) is 18.0. The van der Waals surface area contributed by atoms with Gasteiger partial charge in [0.2, 0.25) is 0 Å². The molecule has 1 aliphatic rings. The van der Waals surface area contributed by atoms with Crippen LogP contribution in [-0.4, -0.2) is 33.0 Å². The Bertz CT molecular complexity index is 1830. The van der Waals surface area contributed by atoms with Gasteiger partial charge < -0.3 is 15.2 Å². The van der Waals surface area contributed by atoms with Gasteiger partial charge in [0.1, 0.15) is 15.5 Å². The van der Waals surface area contributed by atoms with Crippen LogP contribution in [0.15, 0.2) is 94.7 Å². The van der Waals surface area contributed by atoms with Gasteiger partial charge in [-0.2, -0.15) is 16.8 Å². The molecule has 4 aromatic rings. The third-order valence-electron chi connectivity index (χ3n) is 5.85. The molecule has 0 aromatic heterocycles. The smallest absolute Gasteiger partial charge is 0.339 e. The van der Waals surface area contributed by atoms with Crippen molar-refractivity contribution >= 4 is 48.9 Å². The largest absolute Gasteiger partial charge is 0.397 e. The summed E-state index contributed by atoms with van der Waals surface area (Å²) >= 11 is 0. The predicted molar refractivity (Wildman–Crippen MR) is 138 cm³/mol. The molecule has 4 aromatic carbocycles. The van der Waals surface area contributed by atoms with Crippen LogP contribution in [0, 0.1) is 0 Å². The molecule has 0 unspecified atom stereocenters. The average Bonchev–Trinajstić information content (AvgIpc) is 2.89. The summed E-state index contributed by atoms with van der Waals surface area (Å²) in [6, 6.07) is 20.1. The summed E-state index contributed by atoms with van der Waals surface area (Å²) in [5, 5.41) is 2.87. The highest BCUT2D eigenvalue weighted by Crippen LogP contribution is 2.40. The number of nitrogen functional groups attached to an aromatic ring is 1. The zero-order chi connectivity index (χ0) is 27.2. The van der Waals surface area contributed by atoms with Crippen molar-refractivity contribution in [1.82, 2.24) is 0 Å². The Kier molecular flexibility index (Phi) is 6.02. The van der Waals surface area contributed by atoms with Crippen molar-refractivity contribution in [2.75, 3.05) is 11.1 Å². The first-order valence-electron chi connectivity index (χ1n) is 11.0. The van der Waals surface area contributed by atoms with Crippen molar-refractivity contribution in [3.05, 3.63) is 107 Å². The van der Waals surface area contributed by atoms with Gasteiger partial charge in [0, 0.05) is 16.8 Å². The van der Waals surface area contributed by atoms with E-state index in [1.165, 1.54) is 48.5 Å². The van der Waals surface area contributed by atoms with Crippen LogP contribution in [0.5, 0.6) is 5.75 Å². The van der Waals surface area contributed by atoms with Crippen molar-refractivity contribution in [2.45, 2.75) is 9.79 Å². The van der Waals surface area contributed by atoms with Crippen LogP contribution in [0.25, 0.3) is 0 Å². The number of carbonyl (C=O) groups is 2. The summed E-state index contributed by atoms with van der Waals surface area (Å²) in [6.07, 6.45) is 0. The molecular formula is C26H18N2O8S2. The fourth-order valence-corrected chi connectivity index (χ4v) is 5.71. The molecule has 38 heavy (non-hydrogen) atoms. The second-order valence-electron chi connectivity index (χ2n) is 8.26. The van der Waals surface area contributed by atoms with E-state index in [1.807, 2.05) is 0 Å². The lowest BCUT2D eigenvalue weighted by atomic mass is 9.82. The van der Waals surface area contributed by atoms with E-state index in [1.54, 1.807) is 30.3 Å². The topological polar surface area (TPSA) is 170 Å². The molecule has 5 rings (SSSR count). The minimum absolute atomic E-state index is 0.00227. The fourth-order valence-electron chi connectivity index (χ4n) is 4.12. The monoisotopic (exact) mass is 550 g/mol. The second kappa shape index (κ2) is 9.10. The van der Waals surface area contributed by atoms with Gasteiger partial charge in [0.15, 0.2) is 11.6 Å². The maximum atomic E-state index is 13.4. The number of nitrogens with two attached hydrogens (primary N) is 1. The molecular weight excluding hydrogens is 532 g/mol. The predicted octanol–water partition coefficient (Wildman–Crippen LogP) is 3.80. The third-order valence-corrected chi connectivity index (χ3v) is 8.00. The van der Waals surface area contributed by atoms with E-state index in [0.29, 0.717) is 5.69 Å². The Morgan fingerprint density at radius 3 is 1.87 bits per heavy atom. The normalized spacial score (nSPS) is 13.0. The lowest BCUT2D eigenvalue weighted by Gasteiger charge is -2.23. The van der Waals surface area contributed by atoms with Gasteiger partial charge in [0.25, 0.3) is 10.1 Å². The van der Waals surface area contributed by atoms with Gasteiger partial charge in [0.05, 0.1) is 22.5 Å². The zero-order valence-electron chi connectivity index (χ0n) is 19.3. The molecule has 4 N–H and O–H groups in total. The summed E-state index contributed by atoms with van der Waals surface area (Å²) in [7, 11) is -8.95. The molecule has 0 heterocycles. The number of fused-ring (bicyclic) bond motifs is 2. The second-order valence-corrected chi connectivity index (χ2v) is 11.2. The molecule has 0 spiro atoms. The Morgan fingerprint density at radius 2 is 1.29 bits per heavy atom. The van der Waals surface area contributed by atoms with Crippen LogP contribution in [0.1, 0.15) is 31.8 Å². The summed E-state index contributed by atoms with van der Waals surface area (Å²) < 4.78 is 63.9. The van der Waals surface area contributed by atoms with Gasteiger partial charge in [-0.15, -0.1) is 0 Å². The number of hydrogen-bond acceptors (Lipinski definition) is 9. The number of benzene rings is 4. The van der Waals surface area contributed by atoms with Gasteiger partial charge in [-0.1, -0.05) is 42.5 Å².